The summed E-state index contributed by atoms with van der Waals surface area (Å²) >= 11 is 1.33. The summed E-state index contributed by atoms with van der Waals surface area (Å²) in [5.74, 6) is -1.19. The molecule has 0 bridgehead atoms. The number of rotatable bonds is 4. The molecule has 0 aliphatic carbocycles. The monoisotopic (exact) mass is 319 g/mol. The molecule has 22 heavy (non-hydrogen) atoms. The number of pyridine rings is 1. The van der Waals surface area contributed by atoms with Crippen molar-refractivity contribution in [1.82, 2.24) is 19.5 Å². The number of aromatic nitrogens is 3. The number of amides is 1. The van der Waals surface area contributed by atoms with E-state index < -0.39 is 11.9 Å². The highest BCUT2D eigenvalue weighted by Crippen LogP contribution is 2.20. The molecule has 2 aromatic rings. The van der Waals surface area contributed by atoms with Crippen LogP contribution in [0.3, 0.4) is 0 Å². The molecule has 0 aromatic carbocycles. The number of likely N-dealkylation sites (tertiary alicyclic amines) is 1. The number of carboxylic acids is 1. The molecule has 0 spiro atoms. The summed E-state index contributed by atoms with van der Waals surface area (Å²) in [6.45, 7) is 0.942. The zero-order chi connectivity index (χ0) is 15.5. The van der Waals surface area contributed by atoms with Gasteiger partial charge in [0.1, 0.15) is 0 Å². The van der Waals surface area contributed by atoms with Crippen LogP contribution < -0.4 is 5.11 Å². The number of fused-ring (bicyclic) bond motifs is 1. The van der Waals surface area contributed by atoms with Gasteiger partial charge in [0.2, 0.25) is 5.91 Å². The van der Waals surface area contributed by atoms with Crippen LogP contribution in [0.15, 0.2) is 29.6 Å². The Hall–Kier alpha value is -2.09. The topological polar surface area (TPSA) is 90.6 Å². The lowest BCUT2D eigenvalue weighted by atomic mass is 9.97. The SMILES string of the molecule is O=C([O-])C1CCN(C(=O)CSc2nnc3ccccn23)CC1. The highest BCUT2D eigenvalue weighted by atomic mass is 32.2. The van der Waals surface area contributed by atoms with Crippen molar-refractivity contribution in [1.29, 1.82) is 0 Å². The molecule has 3 rings (SSSR count). The highest BCUT2D eigenvalue weighted by Gasteiger charge is 2.23. The smallest absolute Gasteiger partial charge is 0.233 e. The number of hydrogen-bond acceptors (Lipinski definition) is 6. The van der Waals surface area contributed by atoms with Gasteiger partial charge in [-0.15, -0.1) is 10.2 Å². The van der Waals surface area contributed by atoms with Gasteiger partial charge < -0.3 is 14.8 Å². The molecule has 1 amide bonds. The Labute approximate surface area is 131 Å². The maximum Gasteiger partial charge on any atom is 0.233 e. The van der Waals surface area contributed by atoms with Crippen molar-refractivity contribution in [3.05, 3.63) is 24.4 Å². The molecular formula is C14H15N4O3S-. The minimum atomic E-state index is -1.02. The molecule has 1 aliphatic heterocycles. The largest absolute Gasteiger partial charge is 0.550 e. The summed E-state index contributed by atoms with van der Waals surface area (Å²) in [4.78, 5) is 24.7. The lowest BCUT2D eigenvalue weighted by Crippen LogP contribution is -2.44. The summed E-state index contributed by atoms with van der Waals surface area (Å²) in [7, 11) is 0. The number of nitrogens with zero attached hydrogens (tertiary/aromatic N) is 4. The van der Waals surface area contributed by atoms with Gasteiger partial charge in [0, 0.05) is 31.2 Å². The van der Waals surface area contributed by atoms with Gasteiger partial charge in [-0.2, -0.15) is 0 Å². The number of hydrogen-bond donors (Lipinski definition) is 0. The second-order valence-corrected chi connectivity index (χ2v) is 6.12. The van der Waals surface area contributed by atoms with Gasteiger partial charge in [-0.05, 0) is 25.0 Å². The average Bonchev–Trinajstić information content (AvgIpc) is 2.96. The number of thioether (sulfide) groups is 1. The molecule has 1 fully saturated rings. The predicted octanol–water partition coefficient (Wildman–Crippen LogP) is -0.190. The first-order valence-corrected chi connectivity index (χ1v) is 8.05. The van der Waals surface area contributed by atoms with Crippen LogP contribution in [0.25, 0.3) is 5.65 Å². The van der Waals surface area contributed by atoms with E-state index in [0.717, 1.165) is 5.65 Å². The van der Waals surface area contributed by atoms with Crippen LogP contribution in [0.5, 0.6) is 0 Å². The molecular weight excluding hydrogens is 304 g/mol. The first-order valence-electron chi connectivity index (χ1n) is 7.06. The van der Waals surface area contributed by atoms with E-state index in [4.69, 9.17) is 0 Å². The summed E-state index contributed by atoms with van der Waals surface area (Å²) in [5.41, 5.74) is 0.743. The minimum Gasteiger partial charge on any atom is -0.550 e. The fourth-order valence-electron chi connectivity index (χ4n) is 2.50. The van der Waals surface area contributed by atoms with Crippen LogP contribution in [-0.2, 0) is 9.59 Å². The first-order chi connectivity index (χ1) is 10.6. The molecule has 0 saturated carbocycles. The van der Waals surface area contributed by atoms with E-state index in [9.17, 15) is 14.7 Å². The number of aliphatic carboxylic acids is 1. The van der Waals surface area contributed by atoms with Gasteiger partial charge in [0.25, 0.3) is 0 Å². The van der Waals surface area contributed by atoms with Gasteiger partial charge in [-0.3, -0.25) is 9.20 Å². The Morgan fingerprint density at radius 3 is 2.77 bits per heavy atom. The van der Waals surface area contributed by atoms with Crippen molar-refractivity contribution in [3.8, 4) is 0 Å². The lowest BCUT2D eigenvalue weighted by molar-refractivity contribution is -0.312. The molecule has 0 atom stereocenters. The summed E-state index contributed by atoms with van der Waals surface area (Å²) in [6, 6.07) is 5.61. The van der Waals surface area contributed by atoms with Gasteiger partial charge in [0.15, 0.2) is 10.8 Å². The van der Waals surface area contributed by atoms with E-state index in [-0.39, 0.29) is 11.7 Å². The van der Waals surface area contributed by atoms with Gasteiger partial charge >= 0.3 is 0 Å². The fraction of sp³-hybridized carbons (Fsp3) is 0.429. The summed E-state index contributed by atoms with van der Waals surface area (Å²) in [6.07, 6.45) is 2.78. The average molecular weight is 319 g/mol. The van der Waals surface area contributed by atoms with Crippen molar-refractivity contribution in [2.24, 2.45) is 5.92 Å². The van der Waals surface area contributed by atoms with Crippen molar-refractivity contribution >= 4 is 29.3 Å². The molecule has 0 unspecified atom stereocenters. The zero-order valence-corrected chi connectivity index (χ0v) is 12.7. The Morgan fingerprint density at radius 1 is 1.27 bits per heavy atom. The molecule has 1 saturated heterocycles. The van der Waals surface area contributed by atoms with E-state index in [0.29, 0.717) is 31.1 Å². The van der Waals surface area contributed by atoms with Crippen molar-refractivity contribution in [2.75, 3.05) is 18.8 Å². The standard InChI is InChI=1S/C14H16N4O3S/c19-12(17-7-4-10(5-8-17)13(20)21)9-22-14-16-15-11-3-1-2-6-18(11)14/h1-3,6,10H,4-5,7-9H2,(H,20,21)/p-1. The Morgan fingerprint density at radius 2 is 2.05 bits per heavy atom. The van der Waals surface area contributed by atoms with E-state index in [2.05, 4.69) is 10.2 Å². The molecule has 7 nitrogen and oxygen atoms in total. The Kier molecular flexibility index (Phi) is 4.28. The van der Waals surface area contributed by atoms with Crippen molar-refractivity contribution in [2.45, 2.75) is 18.0 Å². The normalized spacial score (nSPS) is 16.1. The summed E-state index contributed by atoms with van der Waals surface area (Å²) < 4.78 is 1.83. The third-order valence-electron chi connectivity index (χ3n) is 3.79. The van der Waals surface area contributed by atoms with Crippen LogP contribution in [0.4, 0.5) is 0 Å². The second kappa shape index (κ2) is 6.35. The van der Waals surface area contributed by atoms with Crippen LogP contribution in [0.1, 0.15) is 12.8 Å². The Balaban J connectivity index is 1.56. The molecule has 2 aromatic heterocycles. The molecule has 8 heteroatoms. The lowest BCUT2D eigenvalue weighted by Gasteiger charge is -2.32. The van der Waals surface area contributed by atoms with Gasteiger partial charge in [0.05, 0.1) is 5.75 Å². The fourth-order valence-corrected chi connectivity index (χ4v) is 3.33. The second-order valence-electron chi connectivity index (χ2n) is 5.17. The predicted molar refractivity (Wildman–Crippen MR) is 78.0 cm³/mol. The molecule has 3 heterocycles. The van der Waals surface area contributed by atoms with E-state index in [1.54, 1.807) is 4.90 Å². The zero-order valence-electron chi connectivity index (χ0n) is 11.8. The third-order valence-corrected chi connectivity index (χ3v) is 4.72. The minimum absolute atomic E-state index is 0.00511. The molecule has 1 aliphatic rings. The van der Waals surface area contributed by atoms with Gasteiger partial charge in [-0.1, -0.05) is 17.8 Å². The number of piperidine rings is 1. The van der Waals surface area contributed by atoms with Crippen molar-refractivity contribution < 1.29 is 14.7 Å². The Bertz CT molecular complexity index is 694. The molecule has 0 N–H and O–H groups in total. The maximum absolute atomic E-state index is 12.2. The number of carbonyl (C=O) groups is 2. The molecule has 0 radical (unpaired) electrons. The van der Waals surface area contributed by atoms with Crippen LogP contribution in [0.2, 0.25) is 0 Å². The molecule has 116 valence electrons. The quantitative estimate of drug-likeness (QED) is 0.726. The maximum atomic E-state index is 12.2. The van der Waals surface area contributed by atoms with Crippen LogP contribution >= 0.6 is 11.8 Å². The van der Waals surface area contributed by atoms with Crippen molar-refractivity contribution in [3.63, 3.8) is 0 Å². The number of carboxylic acid groups (broad SMARTS) is 1. The van der Waals surface area contributed by atoms with Crippen LogP contribution in [-0.4, -0.2) is 50.2 Å². The third kappa shape index (κ3) is 3.06. The first kappa shape index (κ1) is 14.8. The van der Waals surface area contributed by atoms with Gasteiger partial charge in [-0.25, -0.2) is 0 Å². The summed E-state index contributed by atoms with van der Waals surface area (Å²) in [5, 5.41) is 19.6. The highest BCUT2D eigenvalue weighted by molar-refractivity contribution is 7.99. The van der Waals surface area contributed by atoms with E-state index in [1.165, 1.54) is 11.8 Å². The van der Waals surface area contributed by atoms with Crippen LogP contribution in [0, 0.1) is 5.92 Å². The van der Waals surface area contributed by atoms with E-state index >= 15 is 0 Å². The van der Waals surface area contributed by atoms with E-state index in [1.807, 2.05) is 28.8 Å². The number of carbonyl (C=O) groups excluding carboxylic acids is 2.